The molecule has 0 saturated carbocycles. The van der Waals surface area contributed by atoms with Crippen LogP contribution in [0.2, 0.25) is 0 Å². The molecule has 132 valence electrons. The van der Waals surface area contributed by atoms with Crippen LogP contribution < -0.4 is 4.90 Å². The van der Waals surface area contributed by atoms with E-state index in [4.69, 9.17) is 4.74 Å². The number of carbonyl (C=O) groups is 2. The SMILES string of the molecule is C[C@H](OC(=O)c1cccc(N(C)C)c1)C(=O)N(C)Cc1ccccc1. The van der Waals surface area contributed by atoms with Gasteiger partial charge in [-0.05, 0) is 30.7 Å². The quantitative estimate of drug-likeness (QED) is 0.759. The maximum absolute atomic E-state index is 12.4. The van der Waals surface area contributed by atoms with Gasteiger partial charge < -0.3 is 14.5 Å². The summed E-state index contributed by atoms with van der Waals surface area (Å²) < 4.78 is 5.34. The molecule has 2 aromatic carbocycles. The maximum atomic E-state index is 12.4. The number of hydrogen-bond donors (Lipinski definition) is 0. The minimum atomic E-state index is -0.843. The largest absolute Gasteiger partial charge is 0.449 e. The van der Waals surface area contributed by atoms with E-state index in [-0.39, 0.29) is 5.91 Å². The number of nitrogens with zero attached hydrogens (tertiary/aromatic N) is 2. The lowest BCUT2D eigenvalue weighted by molar-refractivity contribution is -0.139. The van der Waals surface area contributed by atoms with Gasteiger partial charge in [-0.15, -0.1) is 0 Å². The number of anilines is 1. The molecule has 0 spiro atoms. The van der Waals surface area contributed by atoms with Crippen LogP contribution in [0.15, 0.2) is 54.6 Å². The summed E-state index contributed by atoms with van der Waals surface area (Å²) in [7, 11) is 5.50. The predicted molar refractivity (Wildman–Crippen MR) is 98.6 cm³/mol. The Morgan fingerprint density at radius 2 is 1.68 bits per heavy atom. The van der Waals surface area contributed by atoms with Gasteiger partial charge in [0.1, 0.15) is 0 Å². The van der Waals surface area contributed by atoms with Crippen LogP contribution in [0.5, 0.6) is 0 Å². The third-order valence-electron chi connectivity index (χ3n) is 3.87. The molecule has 0 saturated heterocycles. The second-order valence-corrected chi connectivity index (χ2v) is 6.17. The van der Waals surface area contributed by atoms with E-state index in [0.29, 0.717) is 12.1 Å². The van der Waals surface area contributed by atoms with Crippen molar-refractivity contribution in [3.8, 4) is 0 Å². The minimum Gasteiger partial charge on any atom is -0.449 e. The van der Waals surface area contributed by atoms with E-state index in [1.165, 1.54) is 0 Å². The van der Waals surface area contributed by atoms with Crippen molar-refractivity contribution in [1.82, 2.24) is 4.90 Å². The van der Waals surface area contributed by atoms with E-state index in [9.17, 15) is 9.59 Å². The molecule has 0 unspecified atom stereocenters. The molecule has 0 fully saturated rings. The maximum Gasteiger partial charge on any atom is 0.338 e. The van der Waals surface area contributed by atoms with E-state index in [2.05, 4.69) is 0 Å². The van der Waals surface area contributed by atoms with Crippen molar-refractivity contribution in [3.05, 3.63) is 65.7 Å². The highest BCUT2D eigenvalue weighted by Crippen LogP contribution is 2.15. The third kappa shape index (κ3) is 5.08. The molecule has 0 radical (unpaired) electrons. The number of likely N-dealkylation sites (N-methyl/N-ethyl adjacent to an activating group) is 1. The first-order valence-electron chi connectivity index (χ1n) is 8.15. The number of ether oxygens (including phenoxy) is 1. The van der Waals surface area contributed by atoms with Gasteiger partial charge >= 0.3 is 5.97 Å². The Hall–Kier alpha value is -2.82. The van der Waals surface area contributed by atoms with Gasteiger partial charge in [-0.1, -0.05) is 36.4 Å². The first kappa shape index (κ1) is 18.5. The van der Waals surface area contributed by atoms with Gasteiger partial charge in [-0.25, -0.2) is 4.79 Å². The molecule has 0 N–H and O–H groups in total. The molecular formula is C20H24N2O3. The summed E-state index contributed by atoms with van der Waals surface area (Å²) in [5, 5.41) is 0. The van der Waals surface area contributed by atoms with E-state index in [1.807, 2.05) is 55.4 Å². The van der Waals surface area contributed by atoms with Gasteiger partial charge in [0.25, 0.3) is 5.91 Å². The lowest BCUT2D eigenvalue weighted by atomic mass is 10.2. The summed E-state index contributed by atoms with van der Waals surface area (Å²) >= 11 is 0. The Balaban J connectivity index is 1.98. The molecule has 5 nitrogen and oxygen atoms in total. The monoisotopic (exact) mass is 340 g/mol. The Morgan fingerprint density at radius 3 is 2.32 bits per heavy atom. The van der Waals surface area contributed by atoms with Gasteiger partial charge in [0.05, 0.1) is 5.56 Å². The van der Waals surface area contributed by atoms with E-state index < -0.39 is 12.1 Å². The molecule has 0 aliphatic carbocycles. The number of benzene rings is 2. The average Bonchev–Trinajstić information content (AvgIpc) is 2.61. The number of carbonyl (C=O) groups excluding carboxylic acids is 2. The van der Waals surface area contributed by atoms with Crippen LogP contribution in [0.25, 0.3) is 0 Å². The van der Waals surface area contributed by atoms with Crippen molar-refractivity contribution in [2.45, 2.75) is 19.6 Å². The molecule has 25 heavy (non-hydrogen) atoms. The molecule has 0 aliphatic rings. The minimum absolute atomic E-state index is 0.235. The molecule has 2 aromatic rings. The molecule has 5 heteroatoms. The van der Waals surface area contributed by atoms with Gasteiger partial charge in [0.2, 0.25) is 0 Å². The summed E-state index contributed by atoms with van der Waals surface area (Å²) in [6.07, 6.45) is -0.843. The Labute approximate surface area is 148 Å². The third-order valence-corrected chi connectivity index (χ3v) is 3.87. The van der Waals surface area contributed by atoms with Crippen LogP contribution >= 0.6 is 0 Å². The molecule has 2 rings (SSSR count). The normalized spacial score (nSPS) is 11.5. The van der Waals surface area contributed by atoms with Crippen LogP contribution in [0.1, 0.15) is 22.8 Å². The second-order valence-electron chi connectivity index (χ2n) is 6.17. The summed E-state index contributed by atoms with van der Waals surface area (Å²) in [6.45, 7) is 2.06. The van der Waals surface area contributed by atoms with Crippen molar-refractivity contribution in [1.29, 1.82) is 0 Å². The van der Waals surface area contributed by atoms with Gasteiger partial charge in [-0.2, -0.15) is 0 Å². The molecule has 1 atom stereocenters. The summed E-state index contributed by atoms with van der Waals surface area (Å²) in [5.41, 5.74) is 2.35. The fraction of sp³-hybridized carbons (Fsp3) is 0.300. The molecule has 0 aromatic heterocycles. The van der Waals surface area contributed by atoms with Crippen molar-refractivity contribution < 1.29 is 14.3 Å². The van der Waals surface area contributed by atoms with Gasteiger partial charge in [0, 0.05) is 33.4 Å². The smallest absolute Gasteiger partial charge is 0.338 e. The van der Waals surface area contributed by atoms with Crippen LogP contribution in [-0.4, -0.2) is 44.0 Å². The lowest BCUT2D eigenvalue weighted by Gasteiger charge is -2.22. The van der Waals surface area contributed by atoms with E-state index >= 15 is 0 Å². The Bertz CT molecular complexity index is 729. The number of hydrogen-bond acceptors (Lipinski definition) is 4. The predicted octanol–water partition coefficient (Wildman–Crippen LogP) is 2.96. The second kappa shape index (κ2) is 8.33. The van der Waals surface area contributed by atoms with Crippen LogP contribution in [0.3, 0.4) is 0 Å². The van der Waals surface area contributed by atoms with Crippen molar-refractivity contribution in [2.24, 2.45) is 0 Å². The summed E-state index contributed by atoms with van der Waals surface area (Å²) in [5.74, 6) is -0.737. The Kier molecular flexibility index (Phi) is 6.17. The van der Waals surface area contributed by atoms with E-state index in [0.717, 1.165) is 11.3 Å². The highest BCUT2D eigenvalue weighted by atomic mass is 16.5. The lowest BCUT2D eigenvalue weighted by Crippen LogP contribution is -2.37. The zero-order chi connectivity index (χ0) is 18.4. The highest BCUT2D eigenvalue weighted by molar-refractivity contribution is 5.93. The highest BCUT2D eigenvalue weighted by Gasteiger charge is 2.22. The van der Waals surface area contributed by atoms with Crippen LogP contribution in [-0.2, 0) is 16.1 Å². The first-order chi connectivity index (χ1) is 11.9. The molecule has 1 amide bonds. The van der Waals surface area contributed by atoms with Crippen LogP contribution in [0.4, 0.5) is 5.69 Å². The average molecular weight is 340 g/mol. The topological polar surface area (TPSA) is 49.9 Å². The number of esters is 1. The summed E-state index contributed by atoms with van der Waals surface area (Å²) in [4.78, 5) is 28.2. The number of amides is 1. The fourth-order valence-electron chi connectivity index (χ4n) is 2.44. The zero-order valence-electron chi connectivity index (χ0n) is 15.1. The first-order valence-corrected chi connectivity index (χ1v) is 8.15. The van der Waals surface area contributed by atoms with E-state index in [1.54, 1.807) is 37.1 Å². The molecule has 0 heterocycles. The molecular weight excluding hydrogens is 316 g/mol. The molecule has 0 aliphatic heterocycles. The Morgan fingerprint density at radius 1 is 1.00 bits per heavy atom. The van der Waals surface area contributed by atoms with Crippen molar-refractivity contribution in [3.63, 3.8) is 0 Å². The van der Waals surface area contributed by atoms with Gasteiger partial charge in [-0.3, -0.25) is 4.79 Å². The standard InChI is InChI=1S/C20H24N2O3/c1-15(19(23)22(4)14-16-9-6-5-7-10-16)25-20(24)17-11-8-12-18(13-17)21(2)3/h5-13,15H,14H2,1-4H3/t15-/m0/s1. The fourth-order valence-corrected chi connectivity index (χ4v) is 2.44. The zero-order valence-corrected chi connectivity index (χ0v) is 15.1. The summed E-state index contributed by atoms with van der Waals surface area (Å²) in [6, 6.07) is 16.8. The number of rotatable bonds is 6. The van der Waals surface area contributed by atoms with Crippen molar-refractivity contribution >= 4 is 17.6 Å². The molecule has 0 bridgehead atoms. The van der Waals surface area contributed by atoms with Gasteiger partial charge in [0.15, 0.2) is 6.10 Å². The van der Waals surface area contributed by atoms with Crippen molar-refractivity contribution in [2.75, 3.05) is 26.0 Å². The van der Waals surface area contributed by atoms with Crippen LogP contribution in [0, 0.1) is 0 Å².